The maximum atomic E-state index is 6.02. The van der Waals surface area contributed by atoms with Crippen molar-refractivity contribution in [3.8, 4) is 11.5 Å². The lowest BCUT2D eigenvalue weighted by Gasteiger charge is -2.08. The van der Waals surface area contributed by atoms with Crippen molar-refractivity contribution in [3.63, 3.8) is 0 Å². The van der Waals surface area contributed by atoms with E-state index in [0.717, 1.165) is 14.9 Å². The number of anilines is 3. The Morgan fingerprint density at radius 1 is 0.714 bits per heavy atom. The number of hydrogen-bond acceptors (Lipinski definition) is 6. The molecule has 6 nitrogen and oxygen atoms in total. The molecule has 0 radical (unpaired) electrons. The third-order valence-electron chi connectivity index (χ3n) is 4.03. The molecule has 11 heteroatoms. The van der Waals surface area contributed by atoms with E-state index in [0.29, 0.717) is 37.5 Å². The predicted molar refractivity (Wildman–Crippen MR) is 155 cm³/mol. The first kappa shape index (κ1) is 29.1. The van der Waals surface area contributed by atoms with E-state index in [9.17, 15) is 0 Å². The summed E-state index contributed by atoms with van der Waals surface area (Å²) >= 11 is 25.3. The van der Waals surface area contributed by atoms with E-state index in [1.807, 2.05) is 24.3 Å². The summed E-state index contributed by atoms with van der Waals surface area (Å²) in [5.74, 6) is 1.29. The Morgan fingerprint density at radius 2 is 1.26 bits per heavy atom. The summed E-state index contributed by atoms with van der Waals surface area (Å²) in [5.41, 5.74) is 7.80. The Labute approximate surface area is 237 Å². The Hall–Kier alpha value is -2.17. The second-order valence-corrected chi connectivity index (χ2v) is 9.37. The molecule has 184 valence electrons. The Kier molecular flexibility index (Phi) is 12.5. The number of nitrogens with two attached hydrogens (primary N) is 1. The van der Waals surface area contributed by atoms with E-state index in [4.69, 9.17) is 61.6 Å². The number of nitrogen functional groups attached to an aromatic ring is 1. The fraction of sp³-hybridized carbons (Fsp3) is 0.0833. The molecule has 2 aromatic carbocycles. The maximum Gasteiger partial charge on any atom is 0.137 e. The van der Waals surface area contributed by atoms with Crippen molar-refractivity contribution in [3.05, 3.63) is 97.0 Å². The molecule has 4 aromatic rings. The quantitative estimate of drug-likeness (QED) is 0.129. The largest absolute Gasteiger partial charge is 0.495 e. The smallest absolute Gasteiger partial charge is 0.137 e. The highest BCUT2D eigenvalue weighted by atomic mass is 127. The first-order valence-corrected chi connectivity index (χ1v) is 12.4. The lowest BCUT2D eigenvalue weighted by Crippen LogP contribution is -1.92. The van der Waals surface area contributed by atoms with Crippen LogP contribution in [0.5, 0.6) is 11.5 Å². The highest BCUT2D eigenvalue weighted by molar-refractivity contribution is 14.1. The molecule has 2 aromatic heterocycles. The number of nitrogens with one attached hydrogen (secondary N) is 1. The first-order chi connectivity index (χ1) is 16.7. The topological polar surface area (TPSA) is 82.3 Å². The molecule has 0 unspecified atom stereocenters. The third-order valence-corrected chi connectivity index (χ3v) is 5.71. The number of methoxy groups -OCH3 is 2. The summed E-state index contributed by atoms with van der Waals surface area (Å²) in [6.07, 6.45) is 3.32. The molecular weight excluding hydrogens is 645 g/mol. The summed E-state index contributed by atoms with van der Waals surface area (Å²) in [6.45, 7) is 0. The Balaban J connectivity index is 0.000000204. The molecule has 3 N–H and O–H groups in total. The number of nitrogens with zero attached hydrogens (tertiary/aromatic N) is 2. The fourth-order valence-electron chi connectivity index (χ4n) is 2.45. The normalized spacial score (nSPS) is 9.69. The van der Waals surface area contributed by atoms with Crippen LogP contribution in [0.2, 0.25) is 20.4 Å². The average Bonchev–Trinajstić information content (AvgIpc) is 2.80. The Morgan fingerprint density at radius 3 is 1.74 bits per heavy atom. The van der Waals surface area contributed by atoms with Gasteiger partial charge in [-0.25, -0.2) is 9.97 Å². The molecule has 0 saturated carbocycles. The molecule has 0 aliphatic rings. The molecule has 0 aliphatic carbocycles. The number of pyridine rings is 2. The second-order valence-electron chi connectivity index (χ2n) is 6.53. The van der Waals surface area contributed by atoms with Crippen LogP contribution in [0.3, 0.4) is 0 Å². The van der Waals surface area contributed by atoms with Crippen molar-refractivity contribution in [1.82, 2.24) is 9.97 Å². The minimum absolute atomic E-state index is 0.439. The van der Waals surface area contributed by atoms with Crippen molar-refractivity contribution >= 4 is 86.1 Å². The van der Waals surface area contributed by atoms with Gasteiger partial charge in [-0.2, -0.15) is 0 Å². The second kappa shape index (κ2) is 15.1. The molecule has 0 bridgehead atoms. The highest BCUT2D eigenvalue weighted by Crippen LogP contribution is 2.29. The van der Waals surface area contributed by atoms with Gasteiger partial charge in [0, 0.05) is 33.0 Å². The van der Waals surface area contributed by atoms with Crippen molar-refractivity contribution in [2.45, 2.75) is 0 Å². The van der Waals surface area contributed by atoms with Crippen molar-refractivity contribution in [1.29, 1.82) is 0 Å². The van der Waals surface area contributed by atoms with E-state index in [-0.39, 0.29) is 0 Å². The van der Waals surface area contributed by atoms with Crippen molar-refractivity contribution in [2.75, 3.05) is 25.3 Å². The van der Waals surface area contributed by atoms with Crippen LogP contribution in [0.15, 0.2) is 73.1 Å². The van der Waals surface area contributed by atoms with Gasteiger partial charge >= 0.3 is 0 Å². The van der Waals surface area contributed by atoms with Gasteiger partial charge in [-0.3, -0.25) is 0 Å². The molecule has 0 fully saturated rings. The maximum absolute atomic E-state index is 6.02. The molecule has 2 heterocycles. The van der Waals surface area contributed by atoms with Crippen LogP contribution in [0, 0.1) is 3.57 Å². The molecule has 0 aliphatic heterocycles. The summed E-state index contributed by atoms with van der Waals surface area (Å²) in [5, 5.41) is 5.26. The standard InChI is InChI=1S/C12H10Cl2N2O.C7H8ClNO.C5H3ClIN/c1-17-11-3-2-8(6-10(11)13)16-9-4-5-15-12(14)7-9;1-10-7-3-2-5(9)4-6(7)8;6-5-3-4(7)1-2-8-5/h2-7H,1H3,(H,15,16);2-4H,9H2,1H3;1-3H. The number of aromatic nitrogens is 2. The van der Waals surface area contributed by atoms with Gasteiger partial charge < -0.3 is 20.5 Å². The van der Waals surface area contributed by atoms with Crippen molar-refractivity contribution < 1.29 is 9.47 Å². The van der Waals surface area contributed by atoms with Crippen LogP contribution in [0.25, 0.3) is 0 Å². The number of hydrogen-bond donors (Lipinski definition) is 2. The predicted octanol–water partition coefficient (Wildman–Crippen LogP) is 8.41. The van der Waals surface area contributed by atoms with Crippen LogP contribution < -0.4 is 20.5 Å². The van der Waals surface area contributed by atoms with Gasteiger partial charge in [0.1, 0.15) is 21.8 Å². The van der Waals surface area contributed by atoms with Gasteiger partial charge in [0.25, 0.3) is 0 Å². The van der Waals surface area contributed by atoms with Gasteiger partial charge in [-0.15, -0.1) is 0 Å². The Bertz CT molecular complexity index is 1230. The van der Waals surface area contributed by atoms with Crippen LogP contribution in [-0.4, -0.2) is 24.2 Å². The number of ether oxygens (including phenoxy) is 2. The molecule has 35 heavy (non-hydrogen) atoms. The lowest BCUT2D eigenvalue weighted by atomic mass is 10.3. The number of benzene rings is 2. The van der Waals surface area contributed by atoms with Gasteiger partial charge in [-0.1, -0.05) is 46.4 Å². The van der Waals surface area contributed by atoms with E-state index < -0.39 is 0 Å². The fourth-order valence-corrected chi connectivity index (χ4v) is 3.96. The van der Waals surface area contributed by atoms with Crippen LogP contribution >= 0.6 is 69.0 Å². The van der Waals surface area contributed by atoms with Crippen LogP contribution in [0.4, 0.5) is 17.1 Å². The van der Waals surface area contributed by atoms with Gasteiger partial charge in [0.05, 0.1) is 24.3 Å². The zero-order chi connectivity index (χ0) is 25.8. The lowest BCUT2D eigenvalue weighted by molar-refractivity contribution is 0.415. The molecule has 0 amide bonds. The number of halogens is 5. The van der Waals surface area contributed by atoms with Gasteiger partial charge in [0.2, 0.25) is 0 Å². The summed E-state index contributed by atoms with van der Waals surface area (Å²) in [6, 6.07) is 17.8. The van der Waals surface area contributed by atoms with E-state index >= 15 is 0 Å². The highest BCUT2D eigenvalue weighted by Gasteiger charge is 2.02. The first-order valence-electron chi connectivity index (χ1n) is 9.80. The van der Waals surface area contributed by atoms with Gasteiger partial charge in [-0.05, 0) is 83.3 Å². The SMILES string of the molecule is COc1ccc(N)cc1Cl.COc1ccc(Nc2ccnc(Cl)c2)cc1Cl.Clc1cc(I)ccn1. The van der Waals surface area contributed by atoms with Crippen molar-refractivity contribution in [2.24, 2.45) is 0 Å². The van der Waals surface area contributed by atoms with E-state index in [2.05, 4.69) is 37.9 Å². The summed E-state index contributed by atoms with van der Waals surface area (Å²) in [4.78, 5) is 7.71. The molecular formula is C24H21Cl4IN4O2. The number of rotatable bonds is 4. The molecule has 4 rings (SSSR count). The third kappa shape index (κ3) is 10.5. The van der Waals surface area contributed by atoms with Gasteiger partial charge in [0.15, 0.2) is 0 Å². The zero-order valence-electron chi connectivity index (χ0n) is 18.6. The van der Waals surface area contributed by atoms with Crippen LogP contribution in [-0.2, 0) is 0 Å². The van der Waals surface area contributed by atoms with Crippen LogP contribution in [0.1, 0.15) is 0 Å². The minimum Gasteiger partial charge on any atom is -0.495 e. The molecule has 0 atom stereocenters. The average molecular weight is 666 g/mol. The van der Waals surface area contributed by atoms with E-state index in [1.54, 1.807) is 63.0 Å². The monoisotopic (exact) mass is 664 g/mol. The minimum atomic E-state index is 0.439. The summed E-state index contributed by atoms with van der Waals surface area (Å²) in [7, 11) is 3.15. The molecule has 0 saturated heterocycles. The summed E-state index contributed by atoms with van der Waals surface area (Å²) < 4.78 is 11.1. The zero-order valence-corrected chi connectivity index (χ0v) is 23.8. The molecule has 0 spiro atoms. The van der Waals surface area contributed by atoms with E-state index in [1.165, 1.54) is 0 Å².